The van der Waals surface area contributed by atoms with Gasteiger partial charge in [-0.3, -0.25) is 9.89 Å². The van der Waals surface area contributed by atoms with E-state index in [9.17, 15) is 4.79 Å². The van der Waals surface area contributed by atoms with Crippen LogP contribution in [0.4, 0.5) is 0 Å². The highest BCUT2D eigenvalue weighted by atomic mass is 16.5. The Labute approximate surface area is 175 Å². The number of fused-ring (bicyclic) bond motifs is 3. The molecular weight excluding hydrogens is 380 g/mol. The summed E-state index contributed by atoms with van der Waals surface area (Å²) in [6, 6.07) is 8.16. The fourth-order valence-electron chi connectivity index (χ4n) is 4.44. The summed E-state index contributed by atoms with van der Waals surface area (Å²) in [5.41, 5.74) is 3.16. The minimum Gasteiger partial charge on any atom is -0.488 e. The van der Waals surface area contributed by atoms with Crippen molar-refractivity contribution < 1.29 is 9.53 Å². The molecule has 1 N–H and O–H groups in total. The summed E-state index contributed by atoms with van der Waals surface area (Å²) in [5, 5.41) is 15.8. The van der Waals surface area contributed by atoms with Crippen molar-refractivity contribution in [3.63, 3.8) is 0 Å². The van der Waals surface area contributed by atoms with E-state index in [2.05, 4.69) is 38.8 Å². The summed E-state index contributed by atoms with van der Waals surface area (Å²) in [7, 11) is 0. The molecule has 2 aliphatic heterocycles. The molecule has 0 atom stereocenters. The monoisotopic (exact) mass is 406 g/mol. The molecule has 1 aromatic carbocycles. The molecule has 4 heterocycles. The van der Waals surface area contributed by atoms with Crippen molar-refractivity contribution >= 4 is 5.91 Å². The summed E-state index contributed by atoms with van der Waals surface area (Å²) < 4.78 is 7.98. The molecule has 0 radical (unpaired) electrons. The van der Waals surface area contributed by atoms with Crippen molar-refractivity contribution in [2.24, 2.45) is 5.92 Å². The maximum Gasteiger partial charge on any atom is 0.272 e. The Morgan fingerprint density at radius 1 is 1.27 bits per heavy atom. The average molecular weight is 406 g/mol. The van der Waals surface area contributed by atoms with Gasteiger partial charge in [-0.2, -0.15) is 5.10 Å². The third-order valence-electron chi connectivity index (χ3n) is 6.17. The van der Waals surface area contributed by atoms with Gasteiger partial charge in [-0.15, -0.1) is 10.2 Å². The topological polar surface area (TPSA) is 88.9 Å². The maximum atomic E-state index is 13.2. The fourth-order valence-corrected chi connectivity index (χ4v) is 4.44. The number of amides is 1. The van der Waals surface area contributed by atoms with E-state index in [-0.39, 0.29) is 5.91 Å². The summed E-state index contributed by atoms with van der Waals surface area (Å²) in [4.78, 5) is 15.1. The van der Waals surface area contributed by atoms with Gasteiger partial charge in [0.05, 0.1) is 0 Å². The summed E-state index contributed by atoms with van der Waals surface area (Å²) in [6.45, 7) is 6.13. The van der Waals surface area contributed by atoms with E-state index in [1.54, 1.807) is 6.33 Å². The molecule has 8 nitrogen and oxygen atoms in total. The average Bonchev–Trinajstić information content (AvgIpc) is 3.41. The minimum absolute atomic E-state index is 0.00975. The van der Waals surface area contributed by atoms with Crippen molar-refractivity contribution in [2.45, 2.75) is 45.8 Å². The molecule has 1 saturated heterocycles. The number of para-hydroxylation sites is 1. The van der Waals surface area contributed by atoms with Gasteiger partial charge >= 0.3 is 0 Å². The van der Waals surface area contributed by atoms with E-state index >= 15 is 0 Å². The standard InChI is InChI=1S/C22H26N6O2/c1-14(2)28-13-23-24-19(28)11-15-7-9-27(10-8-15)22(29)21-17-12-30-18-6-4-3-5-16(18)20(17)25-26-21/h3-6,13-15H,7-12H2,1-2H3,(H,25,26). The number of piperidine rings is 1. The minimum atomic E-state index is 0.00975. The zero-order valence-electron chi connectivity index (χ0n) is 17.3. The first-order chi connectivity index (χ1) is 14.6. The van der Waals surface area contributed by atoms with Crippen LogP contribution in [-0.2, 0) is 13.0 Å². The lowest BCUT2D eigenvalue weighted by atomic mass is 9.92. The Balaban J connectivity index is 1.26. The number of aromatic nitrogens is 5. The number of carbonyl (C=O) groups is 1. The van der Waals surface area contributed by atoms with Crippen molar-refractivity contribution in [2.75, 3.05) is 13.1 Å². The SMILES string of the molecule is CC(C)n1cnnc1CC1CCN(C(=O)c2[nH]nc3c2COc2ccccc2-3)CC1. The molecule has 2 aromatic heterocycles. The Morgan fingerprint density at radius 3 is 2.87 bits per heavy atom. The van der Waals surface area contributed by atoms with Crippen molar-refractivity contribution in [1.82, 2.24) is 29.9 Å². The number of ether oxygens (including phenoxy) is 1. The highest BCUT2D eigenvalue weighted by Gasteiger charge is 2.31. The van der Waals surface area contributed by atoms with Crippen LogP contribution in [0.25, 0.3) is 11.3 Å². The number of nitrogens with zero attached hydrogens (tertiary/aromatic N) is 5. The number of H-pyrrole nitrogens is 1. The van der Waals surface area contributed by atoms with Gasteiger partial charge in [-0.1, -0.05) is 12.1 Å². The van der Waals surface area contributed by atoms with Gasteiger partial charge in [-0.25, -0.2) is 0 Å². The Kier molecular flexibility index (Phi) is 4.77. The van der Waals surface area contributed by atoms with E-state index in [1.165, 1.54) is 0 Å². The first-order valence-electron chi connectivity index (χ1n) is 10.6. The highest BCUT2D eigenvalue weighted by molar-refractivity contribution is 5.96. The lowest BCUT2D eigenvalue weighted by Gasteiger charge is -2.32. The van der Waals surface area contributed by atoms with Crippen LogP contribution in [-0.4, -0.2) is 48.9 Å². The zero-order chi connectivity index (χ0) is 20.7. The molecule has 30 heavy (non-hydrogen) atoms. The van der Waals surface area contributed by atoms with Crippen LogP contribution in [0.3, 0.4) is 0 Å². The number of rotatable bonds is 4. The molecule has 8 heteroatoms. The molecule has 0 spiro atoms. The second-order valence-corrected chi connectivity index (χ2v) is 8.40. The predicted octanol–water partition coefficient (Wildman–Crippen LogP) is 3.24. The molecule has 3 aromatic rings. The van der Waals surface area contributed by atoms with Gasteiger partial charge in [0.2, 0.25) is 0 Å². The molecule has 156 valence electrons. The van der Waals surface area contributed by atoms with Crippen LogP contribution < -0.4 is 4.74 Å². The van der Waals surface area contributed by atoms with Gasteiger partial charge in [0.1, 0.15) is 35.9 Å². The lowest BCUT2D eigenvalue weighted by Crippen LogP contribution is -2.39. The summed E-state index contributed by atoms with van der Waals surface area (Å²) in [6.07, 6.45) is 4.64. The van der Waals surface area contributed by atoms with Crippen LogP contribution in [0.1, 0.15) is 54.6 Å². The third-order valence-corrected chi connectivity index (χ3v) is 6.17. The molecule has 1 fully saturated rings. The first-order valence-corrected chi connectivity index (χ1v) is 10.6. The molecule has 0 bridgehead atoms. The fraction of sp³-hybridized carbons (Fsp3) is 0.455. The first kappa shape index (κ1) is 18.8. The van der Waals surface area contributed by atoms with Crippen LogP contribution in [0, 0.1) is 5.92 Å². The molecule has 5 rings (SSSR count). The molecule has 0 unspecified atom stereocenters. The van der Waals surface area contributed by atoms with Gasteiger partial charge < -0.3 is 14.2 Å². The Morgan fingerprint density at radius 2 is 2.07 bits per heavy atom. The Hall–Kier alpha value is -3.16. The third kappa shape index (κ3) is 3.26. The second kappa shape index (κ2) is 7.59. The summed E-state index contributed by atoms with van der Waals surface area (Å²) >= 11 is 0. The molecule has 0 aliphatic carbocycles. The van der Waals surface area contributed by atoms with Crippen LogP contribution in [0.2, 0.25) is 0 Å². The van der Waals surface area contributed by atoms with Crippen LogP contribution in [0.15, 0.2) is 30.6 Å². The highest BCUT2D eigenvalue weighted by Crippen LogP contribution is 2.37. The number of likely N-dealkylation sites (tertiary alicyclic amines) is 1. The molecule has 0 saturated carbocycles. The molecule has 2 aliphatic rings. The zero-order valence-corrected chi connectivity index (χ0v) is 17.3. The smallest absolute Gasteiger partial charge is 0.272 e. The van der Waals surface area contributed by atoms with Gasteiger partial charge in [0.25, 0.3) is 5.91 Å². The number of benzene rings is 1. The van der Waals surface area contributed by atoms with E-state index in [0.717, 1.165) is 60.7 Å². The van der Waals surface area contributed by atoms with E-state index in [0.29, 0.717) is 24.3 Å². The van der Waals surface area contributed by atoms with E-state index < -0.39 is 0 Å². The molecule has 1 amide bonds. The van der Waals surface area contributed by atoms with Crippen molar-refractivity contribution in [3.8, 4) is 17.0 Å². The van der Waals surface area contributed by atoms with Crippen LogP contribution >= 0.6 is 0 Å². The summed E-state index contributed by atoms with van der Waals surface area (Å²) in [5.74, 6) is 2.37. The Bertz CT molecular complexity index is 1060. The van der Waals surface area contributed by atoms with E-state index in [1.807, 2.05) is 29.2 Å². The maximum absolute atomic E-state index is 13.2. The van der Waals surface area contributed by atoms with Crippen molar-refractivity contribution in [3.05, 3.63) is 47.7 Å². The quantitative estimate of drug-likeness (QED) is 0.719. The van der Waals surface area contributed by atoms with Gasteiger partial charge in [0, 0.05) is 36.7 Å². The number of carbonyl (C=O) groups excluding carboxylic acids is 1. The molecular formula is C22H26N6O2. The number of hydrogen-bond acceptors (Lipinski definition) is 5. The number of aromatic amines is 1. The van der Waals surface area contributed by atoms with E-state index in [4.69, 9.17) is 4.74 Å². The lowest BCUT2D eigenvalue weighted by molar-refractivity contribution is 0.0680. The van der Waals surface area contributed by atoms with Crippen LogP contribution in [0.5, 0.6) is 5.75 Å². The predicted molar refractivity (Wildman–Crippen MR) is 111 cm³/mol. The van der Waals surface area contributed by atoms with Gasteiger partial charge in [-0.05, 0) is 44.7 Å². The van der Waals surface area contributed by atoms with Crippen molar-refractivity contribution in [1.29, 1.82) is 0 Å². The second-order valence-electron chi connectivity index (χ2n) is 8.40. The normalized spacial score (nSPS) is 16.3. The number of nitrogens with one attached hydrogen (secondary N) is 1. The number of hydrogen-bond donors (Lipinski definition) is 1. The largest absolute Gasteiger partial charge is 0.488 e. The van der Waals surface area contributed by atoms with Gasteiger partial charge in [0.15, 0.2) is 0 Å².